The van der Waals surface area contributed by atoms with Crippen LogP contribution in [0.4, 0.5) is 36.4 Å². The van der Waals surface area contributed by atoms with Crippen LogP contribution in [0.15, 0.2) is 66.9 Å². The van der Waals surface area contributed by atoms with E-state index in [1.165, 1.54) is 0 Å². The van der Waals surface area contributed by atoms with Gasteiger partial charge in [0.15, 0.2) is 11.6 Å². The summed E-state index contributed by atoms with van der Waals surface area (Å²) in [4.78, 5) is 37.7. The zero-order chi connectivity index (χ0) is 39.6. The zero-order valence-corrected chi connectivity index (χ0v) is 27.5. The van der Waals surface area contributed by atoms with Gasteiger partial charge < -0.3 is 36.7 Å². The largest absolute Gasteiger partial charge is 0.490 e. The van der Waals surface area contributed by atoms with Gasteiger partial charge in [0.2, 0.25) is 5.91 Å². The van der Waals surface area contributed by atoms with Crippen molar-refractivity contribution in [3.05, 3.63) is 101 Å². The van der Waals surface area contributed by atoms with Crippen molar-refractivity contribution in [2.45, 2.75) is 51.7 Å². The lowest BCUT2D eigenvalue weighted by Crippen LogP contribution is -2.21. The molecule has 280 valence electrons. The molecule has 9 N–H and O–H groups in total. The second kappa shape index (κ2) is 17.7. The number of hydrogen-bond acceptors (Lipinski definition) is 7. The third-order valence-electron chi connectivity index (χ3n) is 6.54. The van der Waals surface area contributed by atoms with Crippen LogP contribution in [0.2, 0.25) is 0 Å². The molecule has 1 atom stereocenters. The topological polar surface area (TPSA) is 217 Å². The van der Waals surface area contributed by atoms with Crippen LogP contribution >= 0.6 is 0 Å². The number of hydrogen-bond donors (Lipinski definition) is 7. The van der Waals surface area contributed by atoms with Crippen molar-refractivity contribution < 1.29 is 60.1 Å². The van der Waals surface area contributed by atoms with Gasteiger partial charge >= 0.3 is 24.3 Å². The van der Waals surface area contributed by atoms with Crippen LogP contribution < -0.4 is 21.5 Å². The number of aryl methyl sites for hydroxylation is 1. The maximum atomic E-state index is 15.9. The Balaban J connectivity index is 0.000000564. The first-order chi connectivity index (χ1) is 24.1. The predicted octanol–water partition coefficient (Wildman–Crippen LogP) is 6.42. The molecule has 0 saturated carbocycles. The summed E-state index contributed by atoms with van der Waals surface area (Å²) in [6, 6.07) is 16.7. The fourth-order valence-corrected chi connectivity index (χ4v) is 4.18. The molecule has 0 bridgehead atoms. The van der Waals surface area contributed by atoms with Gasteiger partial charge in [-0.05, 0) is 62.2 Å². The quantitative estimate of drug-likeness (QED) is 0.0541. The number of nitrogens with two attached hydrogens (primary N) is 2. The lowest BCUT2D eigenvalue weighted by Gasteiger charge is -2.22. The van der Waals surface area contributed by atoms with Crippen LogP contribution in [0.3, 0.4) is 0 Å². The number of aromatic amines is 1. The van der Waals surface area contributed by atoms with Gasteiger partial charge in [0, 0.05) is 34.1 Å². The van der Waals surface area contributed by atoms with Crippen LogP contribution in [0.25, 0.3) is 11.3 Å². The highest BCUT2D eigenvalue weighted by Gasteiger charge is 2.39. The number of anilines is 1. The Labute approximate surface area is 291 Å². The number of benzene rings is 3. The van der Waals surface area contributed by atoms with Crippen LogP contribution in [0.5, 0.6) is 5.75 Å². The van der Waals surface area contributed by atoms with E-state index in [0.717, 1.165) is 5.56 Å². The number of rotatable bonds is 10. The molecule has 52 heavy (non-hydrogen) atoms. The van der Waals surface area contributed by atoms with E-state index >= 15 is 4.39 Å². The fourth-order valence-electron chi connectivity index (χ4n) is 4.18. The number of ether oxygens (including phenoxy) is 1. The average molecular weight is 743 g/mol. The molecule has 19 heteroatoms. The molecule has 0 radical (unpaired) electrons. The number of H-pyrrole nitrogens is 1. The summed E-state index contributed by atoms with van der Waals surface area (Å²) in [6.45, 7) is 5.68. The molecule has 1 amide bonds. The minimum Gasteiger partial charge on any atom is -0.488 e. The smallest absolute Gasteiger partial charge is 0.488 e. The Morgan fingerprint density at radius 1 is 0.942 bits per heavy atom. The number of amides is 1. The average Bonchev–Trinajstić information content (AvgIpc) is 3.54. The van der Waals surface area contributed by atoms with Crippen molar-refractivity contribution in [1.82, 2.24) is 9.97 Å². The molecule has 1 heterocycles. The van der Waals surface area contributed by atoms with Crippen molar-refractivity contribution in [1.29, 1.82) is 5.41 Å². The molecular formula is C33H33F7N6O6. The third-order valence-corrected chi connectivity index (χ3v) is 6.54. The van der Waals surface area contributed by atoms with Crippen LogP contribution in [0.1, 0.15) is 59.7 Å². The van der Waals surface area contributed by atoms with Gasteiger partial charge in [-0.3, -0.25) is 10.2 Å². The first-order valence-electron chi connectivity index (χ1n) is 14.8. The van der Waals surface area contributed by atoms with E-state index in [1.807, 2.05) is 20.8 Å². The van der Waals surface area contributed by atoms with Crippen molar-refractivity contribution in [2.75, 3.05) is 5.32 Å². The van der Waals surface area contributed by atoms with Crippen molar-refractivity contribution in [3.8, 4) is 17.0 Å². The van der Waals surface area contributed by atoms with Gasteiger partial charge in [-0.25, -0.2) is 19.0 Å². The zero-order valence-electron chi connectivity index (χ0n) is 27.5. The summed E-state index contributed by atoms with van der Waals surface area (Å²) in [5.74, 6) is -6.03. The van der Waals surface area contributed by atoms with Crippen molar-refractivity contribution >= 4 is 29.4 Å². The number of aromatic nitrogens is 2. The number of carboxylic acids is 2. The van der Waals surface area contributed by atoms with Crippen molar-refractivity contribution in [2.24, 2.45) is 11.5 Å². The van der Waals surface area contributed by atoms with Crippen LogP contribution in [-0.4, -0.2) is 62.3 Å². The number of imidazole rings is 1. The van der Waals surface area contributed by atoms with Gasteiger partial charge in [0.1, 0.15) is 17.7 Å². The van der Waals surface area contributed by atoms with Gasteiger partial charge in [-0.2, -0.15) is 26.3 Å². The second-order valence-corrected chi connectivity index (χ2v) is 10.8. The molecule has 1 aromatic heterocycles. The predicted molar refractivity (Wildman–Crippen MR) is 174 cm³/mol. The number of nitrogens with zero attached hydrogens (tertiary/aromatic N) is 1. The number of nitrogen functional groups attached to an aromatic ring is 1. The maximum Gasteiger partial charge on any atom is 0.490 e. The van der Waals surface area contributed by atoms with E-state index in [9.17, 15) is 31.1 Å². The van der Waals surface area contributed by atoms with Gasteiger partial charge in [-0.15, -0.1) is 0 Å². The Morgan fingerprint density at radius 2 is 1.48 bits per heavy atom. The summed E-state index contributed by atoms with van der Waals surface area (Å²) < 4.78 is 85.2. The molecule has 12 nitrogen and oxygen atoms in total. The van der Waals surface area contributed by atoms with E-state index in [1.54, 1.807) is 66.9 Å². The molecule has 4 rings (SSSR count). The molecule has 0 aliphatic carbocycles. The first kappa shape index (κ1) is 42.0. The number of halogens is 7. The third kappa shape index (κ3) is 12.0. The van der Waals surface area contributed by atoms with Gasteiger partial charge in [0.05, 0.1) is 11.8 Å². The Hall–Kier alpha value is -6.14. The molecule has 0 spiro atoms. The van der Waals surface area contributed by atoms with E-state index in [4.69, 9.17) is 46.4 Å². The summed E-state index contributed by atoms with van der Waals surface area (Å²) in [7, 11) is 0. The molecule has 1 unspecified atom stereocenters. The Morgan fingerprint density at radius 3 is 1.94 bits per heavy atom. The highest BCUT2D eigenvalue weighted by Crippen LogP contribution is 2.34. The molecular weight excluding hydrogens is 709 g/mol. The van der Waals surface area contributed by atoms with E-state index < -0.39 is 42.1 Å². The summed E-state index contributed by atoms with van der Waals surface area (Å²) in [5, 5.41) is 25.3. The normalized spacial score (nSPS) is 11.7. The summed E-state index contributed by atoms with van der Waals surface area (Å²) >= 11 is 0. The second-order valence-electron chi connectivity index (χ2n) is 10.8. The number of alkyl halides is 6. The van der Waals surface area contributed by atoms with Crippen LogP contribution in [-0.2, 0) is 16.0 Å². The minimum atomic E-state index is -5.08. The SMILES string of the molecule is CCc1cc(OC(C)C)c(F)c(C(Nc2ccc(C(=N)N)cc2)c2nc(-c3ccccc3C(N)=O)c[nH]2)c1.O=C(O)C(F)(F)F.O=C(O)C(F)(F)F. The summed E-state index contributed by atoms with van der Waals surface area (Å²) in [6.07, 6.45) is -8.04. The summed E-state index contributed by atoms with van der Waals surface area (Å²) in [5.41, 5.74) is 15.1. The number of aliphatic carboxylic acids is 2. The number of amidine groups is 1. The van der Waals surface area contributed by atoms with Crippen molar-refractivity contribution in [3.63, 3.8) is 0 Å². The van der Waals surface area contributed by atoms with E-state index in [2.05, 4.69) is 10.3 Å². The molecule has 0 aliphatic heterocycles. The van der Waals surface area contributed by atoms with Gasteiger partial charge in [-0.1, -0.05) is 31.2 Å². The molecule has 0 aliphatic rings. The van der Waals surface area contributed by atoms with E-state index in [0.29, 0.717) is 45.9 Å². The standard InChI is InChI=1S/C29H31FN6O2.2C2HF3O2/c1-4-17-13-22(25(30)24(14-17)38-16(2)3)26(35-19-11-9-18(10-12-19)27(31)32)29-34-15-23(36-29)20-7-5-6-8-21(20)28(33)37;2*3-2(4,5)1(6)7/h5-16,26,35H,4H2,1-3H3,(H3,31,32)(H2,33,37)(H,34,36);2*(H,6,7). The van der Waals surface area contributed by atoms with Gasteiger partial charge in [0.25, 0.3) is 0 Å². The highest BCUT2D eigenvalue weighted by molar-refractivity contribution is 5.99. The number of carboxylic acid groups (broad SMARTS) is 2. The minimum absolute atomic E-state index is 0.0472. The molecule has 0 fully saturated rings. The van der Waals surface area contributed by atoms with Crippen LogP contribution in [0, 0.1) is 11.2 Å². The Kier molecular flexibility index (Phi) is 14.3. The number of nitrogens with one attached hydrogen (secondary N) is 3. The lowest BCUT2D eigenvalue weighted by atomic mass is 9.99. The number of primary amides is 1. The monoisotopic (exact) mass is 742 g/mol. The molecule has 0 saturated heterocycles. The maximum absolute atomic E-state index is 15.9. The first-order valence-corrected chi connectivity index (χ1v) is 14.8. The Bertz CT molecular complexity index is 1850. The lowest BCUT2D eigenvalue weighted by molar-refractivity contribution is -0.193. The number of carbonyl (C=O) groups is 3. The molecule has 3 aromatic carbocycles. The molecule has 4 aromatic rings. The fraction of sp³-hybridized carbons (Fsp3) is 0.242. The highest BCUT2D eigenvalue weighted by atomic mass is 19.4. The number of carbonyl (C=O) groups excluding carboxylic acids is 1. The van der Waals surface area contributed by atoms with E-state index in [-0.39, 0.29) is 17.7 Å².